The summed E-state index contributed by atoms with van der Waals surface area (Å²) in [4.78, 5) is 12.6. The molecule has 0 spiro atoms. The highest BCUT2D eigenvalue weighted by Gasteiger charge is 2.16. The molecule has 1 amide bonds. The van der Waals surface area contributed by atoms with Gasteiger partial charge in [-0.25, -0.2) is 13.1 Å². The van der Waals surface area contributed by atoms with Gasteiger partial charge in [0.05, 0.1) is 15.0 Å². The van der Waals surface area contributed by atoms with E-state index >= 15 is 0 Å². The van der Waals surface area contributed by atoms with Crippen molar-refractivity contribution in [2.75, 3.05) is 0 Å². The summed E-state index contributed by atoms with van der Waals surface area (Å²) >= 11 is 7.03. The first-order valence-electron chi connectivity index (χ1n) is 7.37. The SMILES string of the molecule is CC(C)NS(=O)(=O)Cc1ccccc1CNC(=O)c1ccc(Cl)s1. The first kappa shape index (κ1) is 18.9. The lowest BCUT2D eigenvalue weighted by molar-refractivity contribution is 0.0955. The monoisotopic (exact) mass is 386 g/mol. The number of nitrogens with one attached hydrogen (secondary N) is 2. The molecule has 0 radical (unpaired) electrons. The van der Waals surface area contributed by atoms with Gasteiger partial charge in [0.2, 0.25) is 10.0 Å². The van der Waals surface area contributed by atoms with Gasteiger partial charge >= 0.3 is 0 Å². The third-order valence-electron chi connectivity index (χ3n) is 3.12. The molecule has 1 heterocycles. The van der Waals surface area contributed by atoms with Crippen molar-refractivity contribution in [3.8, 4) is 0 Å². The van der Waals surface area contributed by atoms with Gasteiger partial charge in [0, 0.05) is 12.6 Å². The van der Waals surface area contributed by atoms with E-state index in [0.29, 0.717) is 14.8 Å². The van der Waals surface area contributed by atoms with Gasteiger partial charge < -0.3 is 5.32 Å². The lowest BCUT2D eigenvalue weighted by Crippen LogP contribution is -2.31. The maximum Gasteiger partial charge on any atom is 0.261 e. The molecule has 5 nitrogen and oxygen atoms in total. The van der Waals surface area contributed by atoms with Gasteiger partial charge in [-0.15, -0.1) is 11.3 Å². The summed E-state index contributed by atoms with van der Waals surface area (Å²) in [5.74, 6) is -0.355. The number of hydrogen-bond donors (Lipinski definition) is 2. The van der Waals surface area contributed by atoms with Crippen LogP contribution in [0.4, 0.5) is 0 Å². The highest BCUT2D eigenvalue weighted by Crippen LogP contribution is 2.21. The van der Waals surface area contributed by atoms with Crippen LogP contribution in [-0.2, 0) is 22.3 Å². The van der Waals surface area contributed by atoms with Crippen LogP contribution in [0.3, 0.4) is 0 Å². The van der Waals surface area contributed by atoms with Crippen molar-refractivity contribution in [2.24, 2.45) is 0 Å². The molecule has 0 bridgehead atoms. The van der Waals surface area contributed by atoms with E-state index in [9.17, 15) is 13.2 Å². The number of carbonyl (C=O) groups is 1. The second kappa shape index (κ2) is 8.11. The van der Waals surface area contributed by atoms with E-state index < -0.39 is 10.0 Å². The number of halogens is 1. The largest absolute Gasteiger partial charge is 0.347 e. The molecule has 0 saturated heterocycles. The van der Waals surface area contributed by atoms with Crippen LogP contribution in [0.5, 0.6) is 0 Å². The van der Waals surface area contributed by atoms with Crippen LogP contribution >= 0.6 is 22.9 Å². The molecule has 0 fully saturated rings. The van der Waals surface area contributed by atoms with Gasteiger partial charge in [-0.05, 0) is 37.1 Å². The van der Waals surface area contributed by atoms with Crippen LogP contribution in [0.15, 0.2) is 36.4 Å². The minimum Gasteiger partial charge on any atom is -0.347 e. The standard InChI is InChI=1S/C16H19ClN2O3S2/c1-11(2)19-24(21,22)10-13-6-4-3-5-12(13)9-18-16(20)14-7-8-15(17)23-14/h3-8,11,19H,9-10H2,1-2H3,(H,18,20). The third-order valence-corrected chi connectivity index (χ3v) is 5.87. The van der Waals surface area contributed by atoms with E-state index in [2.05, 4.69) is 10.0 Å². The molecular formula is C16H19ClN2O3S2. The Balaban J connectivity index is 2.07. The van der Waals surface area contributed by atoms with E-state index in [-0.39, 0.29) is 24.2 Å². The summed E-state index contributed by atoms with van der Waals surface area (Å²) in [5, 5.41) is 2.79. The number of amides is 1. The Bertz CT molecular complexity index is 816. The summed E-state index contributed by atoms with van der Waals surface area (Å²) < 4.78 is 27.3. The Morgan fingerprint density at radius 1 is 1.17 bits per heavy atom. The van der Waals surface area contributed by atoms with Crippen molar-refractivity contribution in [3.05, 3.63) is 56.7 Å². The molecule has 0 atom stereocenters. The lowest BCUT2D eigenvalue weighted by Gasteiger charge is -2.13. The Hall–Kier alpha value is -1.41. The summed E-state index contributed by atoms with van der Waals surface area (Å²) in [6.07, 6.45) is 0. The van der Waals surface area contributed by atoms with Gasteiger partial charge in [-0.3, -0.25) is 4.79 Å². The molecule has 8 heteroatoms. The van der Waals surface area contributed by atoms with Crippen LogP contribution in [0.25, 0.3) is 0 Å². The molecule has 24 heavy (non-hydrogen) atoms. The molecule has 0 aliphatic carbocycles. The van der Waals surface area contributed by atoms with E-state index in [1.807, 2.05) is 12.1 Å². The average Bonchev–Trinajstić information content (AvgIpc) is 2.91. The van der Waals surface area contributed by atoms with Crippen LogP contribution in [0.2, 0.25) is 4.34 Å². The topological polar surface area (TPSA) is 75.3 Å². The highest BCUT2D eigenvalue weighted by atomic mass is 35.5. The van der Waals surface area contributed by atoms with Gasteiger partial charge in [0.25, 0.3) is 5.91 Å². The number of thiophene rings is 1. The molecule has 0 saturated carbocycles. The smallest absolute Gasteiger partial charge is 0.261 e. The maximum absolute atomic E-state index is 12.1. The molecule has 0 aliphatic rings. The number of hydrogen-bond acceptors (Lipinski definition) is 4. The zero-order valence-electron chi connectivity index (χ0n) is 13.4. The third kappa shape index (κ3) is 5.59. The van der Waals surface area contributed by atoms with Crippen LogP contribution in [0, 0.1) is 0 Å². The van der Waals surface area contributed by atoms with Crippen molar-refractivity contribution < 1.29 is 13.2 Å². The quantitative estimate of drug-likeness (QED) is 0.767. The van der Waals surface area contributed by atoms with Gasteiger partial charge in [-0.2, -0.15) is 0 Å². The van der Waals surface area contributed by atoms with Crippen molar-refractivity contribution in [1.82, 2.24) is 10.0 Å². The molecule has 2 rings (SSSR count). The van der Waals surface area contributed by atoms with Crippen molar-refractivity contribution in [2.45, 2.75) is 32.2 Å². The second-order valence-electron chi connectivity index (χ2n) is 5.59. The van der Waals surface area contributed by atoms with Gasteiger partial charge in [0.15, 0.2) is 0 Å². The fourth-order valence-corrected chi connectivity index (χ4v) is 4.63. The molecule has 2 aromatic rings. The van der Waals surface area contributed by atoms with Crippen LogP contribution < -0.4 is 10.0 Å². The lowest BCUT2D eigenvalue weighted by atomic mass is 10.1. The average molecular weight is 387 g/mol. The Kier molecular flexibility index (Phi) is 6.40. The van der Waals surface area contributed by atoms with Crippen molar-refractivity contribution >= 4 is 38.9 Å². The number of sulfonamides is 1. The zero-order valence-corrected chi connectivity index (χ0v) is 15.8. The fraction of sp³-hybridized carbons (Fsp3) is 0.312. The predicted molar refractivity (Wildman–Crippen MR) is 97.8 cm³/mol. The van der Waals surface area contributed by atoms with E-state index in [0.717, 1.165) is 5.56 Å². The number of benzene rings is 1. The molecule has 1 aromatic carbocycles. The summed E-state index contributed by atoms with van der Waals surface area (Å²) in [6.45, 7) is 3.80. The minimum atomic E-state index is -3.42. The Morgan fingerprint density at radius 3 is 2.42 bits per heavy atom. The van der Waals surface area contributed by atoms with Gasteiger partial charge in [-0.1, -0.05) is 35.9 Å². The van der Waals surface area contributed by atoms with Crippen molar-refractivity contribution in [1.29, 1.82) is 0 Å². The summed E-state index contributed by atoms with van der Waals surface area (Å²) in [5.41, 5.74) is 1.43. The summed E-state index contributed by atoms with van der Waals surface area (Å²) in [7, 11) is -3.42. The first-order valence-corrected chi connectivity index (χ1v) is 10.2. The van der Waals surface area contributed by atoms with Crippen LogP contribution in [-0.4, -0.2) is 20.4 Å². The number of rotatable bonds is 7. The first-order chi connectivity index (χ1) is 11.3. The van der Waals surface area contributed by atoms with E-state index in [4.69, 9.17) is 11.6 Å². The second-order valence-corrected chi connectivity index (χ2v) is 9.06. The predicted octanol–water partition coefficient (Wildman–Crippen LogP) is 3.16. The van der Waals surface area contributed by atoms with Crippen LogP contribution in [0.1, 0.15) is 34.6 Å². The molecule has 0 aliphatic heterocycles. The number of carbonyl (C=O) groups excluding carboxylic acids is 1. The van der Waals surface area contributed by atoms with Gasteiger partial charge in [0.1, 0.15) is 0 Å². The molecule has 2 N–H and O–H groups in total. The Labute approximate surface area is 151 Å². The van der Waals surface area contributed by atoms with E-state index in [1.165, 1.54) is 11.3 Å². The minimum absolute atomic E-state index is 0.123. The molecule has 1 aromatic heterocycles. The molecule has 130 valence electrons. The van der Waals surface area contributed by atoms with Crippen molar-refractivity contribution in [3.63, 3.8) is 0 Å². The fourth-order valence-electron chi connectivity index (χ4n) is 2.18. The van der Waals surface area contributed by atoms with E-state index in [1.54, 1.807) is 38.1 Å². The molecule has 0 unspecified atom stereocenters. The Morgan fingerprint density at radius 2 is 1.83 bits per heavy atom. The normalized spacial score (nSPS) is 11.7. The summed E-state index contributed by atoms with van der Waals surface area (Å²) in [6, 6.07) is 10.3. The molecular weight excluding hydrogens is 368 g/mol. The highest BCUT2D eigenvalue weighted by molar-refractivity contribution is 7.88. The zero-order chi connectivity index (χ0) is 17.7. The maximum atomic E-state index is 12.1.